The van der Waals surface area contributed by atoms with Gasteiger partial charge in [-0.1, -0.05) is 34.5 Å². The minimum absolute atomic E-state index is 0.0891. The van der Waals surface area contributed by atoms with Gasteiger partial charge in [-0.2, -0.15) is 0 Å². The third-order valence-corrected chi connectivity index (χ3v) is 2.94. The lowest BCUT2D eigenvalue weighted by Crippen LogP contribution is -2.04. The van der Waals surface area contributed by atoms with Crippen molar-refractivity contribution in [2.24, 2.45) is 0 Å². The van der Waals surface area contributed by atoms with Crippen LogP contribution in [0.25, 0.3) is 0 Å². The second kappa shape index (κ2) is 4.82. The molecule has 2 rings (SSSR count). The first-order valence-corrected chi connectivity index (χ1v) is 5.88. The van der Waals surface area contributed by atoms with Gasteiger partial charge in [-0.15, -0.1) is 10.2 Å². The first-order valence-electron chi connectivity index (χ1n) is 4.24. The van der Waals surface area contributed by atoms with Crippen LogP contribution in [0.4, 0.5) is 5.69 Å². The number of halogens is 2. The molecule has 8 heteroatoms. The molecule has 0 aromatic carbocycles. The van der Waals surface area contributed by atoms with Gasteiger partial charge in [0.2, 0.25) is 0 Å². The molecule has 16 heavy (non-hydrogen) atoms. The van der Waals surface area contributed by atoms with Gasteiger partial charge in [0.1, 0.15) is 0 Å². The van der Waals surface area contributed by atoms with E-state index in [-0.39, 0.29) is 15.2 Å². The molecule has 0 aliphatic heterocycles. The Bertz CT molecular complexity index is 553. The van der Waals surface area contributed by atoms with Crippen molar-refractivity contribution < 1.29 is 0 Å². The Morgan fingerprint density at radius 2 is 2.25 bits per heavy atom. The van der Waals surface area contributed by atoms with Crippen LogP contribution < -0.4 is 10.2 Å². The van der Waals surface area contributed by atoms with Crippen molar-refractivity contribution in [2.75, 3.05) is 5.32 Å². The molecule has 0 atom stereocenters. The Morgan fingerprint density at radius 1 is 1.44 bits per heavy atom. The number of anilines is 1. The number of aromatic nitrogens is 3. The Morgan fingerprint density at radius 3 is 2.94 bits per heavy atom. The maximum Gasteiger partial charge on any atom is 0.304 e. The van der Waals surface area contributed by atoms with E-state index in [1.807, 2.05) is 0 Å². The van der Waals surface area contributed by atoms with Crippen LogP contribution in [0.1, 0.15) is 5.69 Å². The monoisotopic (exact) mass is 276 g/mol. The number of hydrogen-bond acceptors (Lipinski definition) is 5. The molecule has 0 saturated heterocycles. The number of rotatable bonds is 3. The summed E-state index contributed by atoms with van der Waals surface area (Å²) < 4.78 is 0. The fourth-order valence-electron chi connectivity index (χ4n) is 1.07. The zero-order chi connectivity index (χ0) is 11.5. The molecule has 0 bridgehead atoms. The number of hydrogen-bond donors (Lipinski definition) is 2. The smallest absolute Gasteiger partial charge is 0.304 e. The second-order valence-electron chi connectivity index (χ2n) is 2.90. The van der Waals surface area contributed by atoms with E-state index in [1.165, 1.54) is 0 Å². The van der Waals surface area contributed by atoms with Crippen LogP contribution in [0.3, 0.4) is 0 Å². The maximum atomic E-state index is 10.9. The summed E-state index contributed by atoms with van der Waals surface area (Å²) in [6, 6.07) is 1.57. The summed E-state index contributed by atoms with van der Waals surface area (Å²) in [5.74, 6) is 0. The van der Waals surface area contributed by atoms with Crippen molar-refractivity contribution in [3.8, 4) is 0 Å². The van der Waals surface area contributed by atoms with E-state index < -0.39 is 0 Å². The highest BCUT2D eigenvalue weighted by molar-refractivity contribution is 7.07. The minimum atomic E-state index is -0.0891. The predicted octanol–water partition coefficient (Wildman–Crippen LogP) is 2.15. The number of thiazole rings is 1. The van der Waals surface area contributed by atoms with E-state index in [2.05, 4.69) is 20.5 Å². The summed E-state index contributed by atoms with van der Waals surface area (Å²) in [6.45, 7) is 0.445. The van der Waals surface area contributed by atoms with Gasteiger partial charge < -0.3 is 10.3 Å². The van der Waals surface area contributed by atoms with Crippen molar-refractivity contribution in [1.29, 1.82) is 0 Å². The van der Waals surface area contributed by atoms with Crippen molar-refractivity contribution in [3.05, 3.63) is 37.1 Å². The average Bonchev–Trinajstić information content (AvgIpc) is 2.66. The third kappa shape index (κ3) is 2.72. The Balaban J connectivity index is 2.10. The average molecular weight is 277 g/mol. The largest absolute Gasteiger partial charge is 0.377 e. The quantitative estimate of drug-likeness (QED) is 0.901. The summed E-state index contributed by atoms with van der Waals surface area (Å²) in [5, 5.41) is 12.5. The molecule has 2 aromatic rings. The lowest BCUT2D eigenvalue weighted by Gasteiger charge is -2.05. The first kappa shape index (κ1) is 11.4. The van der Waals surface area contributed by atoms with Gasteiger partial charge in [0.15, 0.2) is 10.3 Å². The lowest BCUT2D eigenvalue weighted by atomic mass is 10.4. The molecule has 0 fully saturated rings. The van der Waals surface area contributed by atoms with Crippen LogP contribution >= 0.6 is 34.5 Å². The van der Waals surface area contributed by atoms with Crippen LogP contribution in [0.5, 0.6) is 0 Å². The zero-order valence-electron chi connectivity index (χ0n) is 7.83. The highest BCUT2D eigenvalue weighted by Gasteiger charge is 2.04. The van der Waals surface area contributed by atoms with Gasteiger partial charge in [-0.3, -0.25) is 4.79 Å². The van der Waals surface area contributed by atoms with Gasteiger partial charge in [0.25, 0.3) is 0 Å². The lowest BCUT2D eigenvalue weighted by molar-refractivity contribution is 1.01. The molecule has 0 unspecified atom stereocenters. The fourth-order valence-corrected chi connectivity index (χ4v) is 1.96. The van der Waals surface area contributed by atoms with Crippen LogP contribution in [0.15, 0.2) is 16.2 Å². The van der Waals surface area contributed by atoms with Crippen LogP contribution in [-0.2, 0) is 6.54 Å². The molecule has 0 radical (unpaired) electrons. The maximum absolute atomic E-state index is 10.9. The van der Waals surface area contributed by atoms with E-state index >= 15 is 0 Å². The molecular weight excluding hydrogens is 271 g/mol. The zero-order valence-corrected chi connectivity index (χ0v) is 10.2. The normalized spacial score (nSPS) is 10.4. The fraction of sp³-hybridized carbons (Fsp3) is 0.125. The Labute approximate surface area is 104 Å². The van der Waals surface area contributed by atoms with Crippen molar-refractivity contribution in [1.82, 2.24) is 15.2 Å². The Kier molecular flexibility index (Phi) is 3.42. The number of nitrogens with zero attached hydrogens (tertiary/aromatic N) is 2. The van der Waals surface area contributed by atoms with E-state index in [0.29, 0.717) is 12.2 Å². The molecule has 2 N–H and O–H groups in total. The van der Waals surface area contributed by atoms with Crippen molar-refractivity contribution in [2.45, 2.75) is 6.54 Å². The van der Waals surface area contributed by atoms with Crippen LogP contribution in [0.2, 0.25) is 10.3 Å². The first-order chi connectivity index (χ1) is 7.65. The summed E-state index contributed by atoms with van der Waals surface area (Å²) in [6.07, 6.45) is 0. The Hall–Kier alpha value is -1.11. The molecule has 0 aliphatic rings. The van der Waals surface area contributed by atoms with Gasteiger partial charge >= 0.3 is 4.87 Å². The molecule has 0 spiro atoms. The number of nitrogens with one attached hydrogen (secondary N) is 2. The van der Waals surface area contributed by atoms with E-state index in [1.54, 1.807) is 11.4 Å². The highest BCUT2D eigenvalue weighted by Crippen LogP contribution is 2.21. The van der Waals surface area contributed by atoms with Crippen molar-refractivity contribution in [3.63, 3.8) is 0 Å². The van der Waals surface area contributed by atoms with Gasteiger partial charge in [-0.05, 0) is 0 Å². The molecule has 5 nitrogen and oxygen atoms in total. The molecular formula is C8H6Cl2N4OS. The van der Waals surface area contributed by atoms with Gasteiger partial charge in [0, 0.05) is 17.1 Å². The number of aromatic amines is 1. The highest BCUT2D eigenvalue weighted by atomic mass is 35.5. The molecule has 84 valence electrons. The summed E-state index contributed by atoms with van der Waals surface area (Å²) in [7, 11) is 0. The summed E-state index contributed by atoms with van der Waals surface area (Å²) in [5.41, 5.74) is 1.35. The molecule has 2 heterocycles. The molecule has 0 aliphatic carbocycles. The molecule has 0 saturated carbocycles. The standard InChI is InChI=1S/C8H6Cl2N4OS/c9-6-1-5(7(10)14-13-6)11-2-4-3-16-8(15)12-4/h1,3H,2H2,(H,11,13)(H,12,15). The minimum Gasteiger partial charge on any atom is -0.377 e. The SMILES string of the molecule is O=c1[nH]c(CNc2cc(Cl)nnc2Cl)cs1. The summed E-state index contributed by atoms with van der Waals surface area (Å²) >= 11 is 12.6. The third-order valence-electron chi connectivity index (χ3n) is 1.76. The topological polar surface area (TPSA) is 70.7 Å². The van der Waals surface area contributed by atoms with Gasteiger partial charge in [0.05, 0.1) is 12.2 Å². The van der Waals surface area contributed by atoms with Crippen LogP contribution in [0, 0.1) is 0 Å². The van der Waals surface area contributed by atoms with E-state index in [4.69, 9.17) is 23.2 Å². The van der Waals surface area contributed by atoms with E-state index in [0.717, 1.165) is 17.0 Å². The predicted molar refractivity (Wildman–Crippen MR) is 64.3 cm³/mol. The molecule has 0 amide bonds. The molecule has 2 aromatic heterocycles. The number of H-pyrrole nitrogens is 1. The van der Waals surface area contributed by atoms with Crippen molar-refractivity contribution >= 4 is 40.2 Å². The van der Waals surface area contributed by atoms with Crippen LogP contribution in [-0.4, -0.2) is 15.2 Å². The van der Waals surface area contributed by atoms with Gasteiger partial charge in [-0.25, -0.2) is 0 Å². The second-order valence-corrected chi connectivity index (χ2v) is 4.49. The van der Waals surface area contributed by atoms with E-state index in [9.17, 15) is 4.79 Å². The summed E-state index contributed by atoms with van der Waals surface area (Å²) in [4.78, 5) is 13.5.